The lowest BCUT2D eigenvalue weighted by molar-refractivity contribution is 0.138. The number of rotatable bonds is 7. The molecule has 116 valence electrons. The van der Waals surface area contributed by atoms with Crippen LogP contribution in [-0.2, 0) is 6.42 Å². The summed E-state index contributed by atoms with van der Waals surface area (Å²) in [6, 6.07) is 8.50. The predicted molar refractivity (Wildman–Crippen MR) is 88.8 cm³/mol. The molecule has 0 bridgehead atoms. The molecule has 0 spiro atoms. The van der Waals surface area contributed by atoms with Crippen molar-refractivity contribution < 1.29 is 4.74 Å². The molecule has 0 aliphatic carbocycles. The third kappa shape index (κ3) is 4.63. The number of hydrogen-bond acceptors (Lipinski definition) is 5. The number of thioether (sulfide) groups is 1. The molecule has 0 saturated carbocycles. The van der Waals surface area contributed by atoms with Crippen molar-refractivity contribution in [3.8, 4) is 11.8 Å². The second-order valence-electron chi connectivity index (χ2n) is 5.34. The maximum Gasteiger partial charge on any atom is 0.125 e. The number of benzene rings is 1. The summed E-state index contributed by atoms with van der Waals surface area (Å²) in [5.41, 5.74) is 1.22. The highest BCUT2D eigenvalue weighted by Crippen LogP contribution is 2.32. The average molecular weight is 307 g/mol. The highest BCUT2D eigenvalue weighted by atomic mass is 32.2. The third-order valence-corrected chi connectivity index (χ3v) is 4.61. The first kappa shape index (κ1) is 17.8. The van der Waals surface area contributed by atoms with Crippen LogP contribution in [0.2, 0.25) is 0 Å². The van der Waals surface area contributed by atoms with Gasteiger partial charge in [0.25, 0.3) is 0 Å². The molecule has 0 N–H and O–H groups in total. The van der Waals surface area contributed by atoms with E-state index in [2.05, 4.69) is 34.9 Å². The summed E-state index contributed by atoms with van der Waals surface area (Å²) >= 11 is 1.62. The minimum Gasteiger partial charge on any atom is -0.497 e. The molecule has 5 heteroatoms. The summed E-state index contributed by atoms with van der Waals surface area (Å²) < 4.78 is 5.28. The molecule has 0 radical (unpaired) electrons. The summed E-state index contributed by atoms with van der Waals surface area (Å²) in [6.45, 7) is 2.12. The number of hydrogen-bond donors (Lipinski definition) is 0. The summed E-state index contributed by atoms with van der Waals surface area (Å²) in [4.78, 5) is 5.31. The van der Waals surface area contributed by atoms with Crippen LogP contribution in [0.25, 0.3) is 0 Å². The average Bonchev–Trinajstić information content (AvgIpc) is 2.45. The van der Waals surface area contributed by atoms with E-state index in [9.17, 15) is 5.26 Å². The Morgan fingerprint density at radius 3 is 2.29 bits per heavy atom. The maximum absolute atomic E-state index is 9.57. The minimum absolute atomic E-state index is 0.0619. The zero-order valence-corrected chi connectivity index (χ0v) is 14.6. The van der Waals surface area contributed by atoms with E-state index in [-0.39, 0.29) is 11.4 Å². The number of aryl methyl sites for hydroxylation is 1. The van der Waals surface area contributed by atoms with Gasteiger partial charge in [0.2, 0.25) is 0 Å². The van der Waals surface area contributed by atoms with E-state index < -0.39 is 0 Å². The van der Waals surface area contributed by atoms with Crippen molar-refractivity contribution in [2.45, 2.75) is 29.7 Å². The molecule has 0 aromatic heterocycles. The van der Waals surface area contributed by atoms with Crippen LogP contribution in [0.1, 0.15) is 12.5 Å². The van der Waals surface area contributed by atoms with Crippen molar-refractivity contribution in [2.75, 3.05) is 35.3 Å². The molecule has 21 heavy (non-hydrogen) atoms. The van der Waals surface area contributed by atoms with Gasteiger partial charge in [0, 0.05) is 4.90 Å². The number of nitrogens with zero attached hydrogens (tertiary/aromatic N) is 3. The van der Waals surface area contributed by atoms with Crippen molar-refractivity contribution in [2.24, 2.45) is 0 Å². The fourth-order valence-corrected chi connectivity index (χ4v) is 3.80. The zero-order chi connectivity index (χ0) is 16.0. The Kier molecular flexibility index (Phi) is 7.03. The molecule has 4 nitrogen and oxygen atoms in total. The van der Waals surface area contributed by atoms with Gasteiger partial charge < -0.3 is 4.74 Å². The van der Waals surface area contributed by atoms with Gasteiger partial charge in [-0.05, 0) is 58.4 Å². The van der Waals surface area contributed by atoms with Gasteiger partial charge >= 0.3 is 0 Å². The first-order chi connectivity index (χ1) is 9.94. The van der Waals surface area contributed by atoms with Crippen molar-refractivity contribution in [3.63, 3.8) is 0 Å². The van der Waals surface area contributed by atoms with Crippen LogP contribution < -0.4 is 4.74 Å². The molecule has 0 heterocycles. The Balaban J connectivity index is 3.04. The van der Waals surface area contributed by atoms with Gasteiger partial charge in [-0.3, -0.25) is 9.80 Å². The lowest BCUT2D eigenvalue weighted by Crippen LogP contribution is -2.47. The summed E-state index contributed by atoms with van der Waals surface area (Å²) in [5, 5.41) is 9.41. The third-order valence-electron chi connectivity index (χ3n) is 3.36. The fourth-order valence-electron chi connectivity index (χ4n) is 2.37. The molecule has 1 aromatic carbocycles. The van der Waals surface area contributed by atoms with Crippen LogP contribution in [-0.4, -0.2) is 56.5 Å². The van der Waals surface area contributed by atoms with E-state index in [0.717, 1.165) is 17.1 Å². The van der Waals surface area contributed by atoms with Crippen LogP contribution in [0.15, 0.2) is 23.1 Å². The van der Waals surface area contributed by atoms with Crippen LogP contribution in [0.4, 0.5) is 0 Å². The quantitative estimate of drug-likeness (QED) is 0.572. The molecule has 1 unspecified atom stereocenters. The standard InChI is InChI=1S/C16H25N3OS/c1-7-12-10-13(20-6)8-9-14(12)21-15(11-17)16(18(2)3)19(4)5/h8-10,15-16H,7H2,1-6H3. The second kappa shape index (κ2) is 8.28. The Morgan fingerprint density at radius 2 is 1.86 bits per heavy atom. The van der Waals surface area contributed by atoms with Gasteiger partial charge in [0.1, 0.15) is 11.0 Å². The van der Waals surface area contributed by atoms with Crippen LogP contribution in [0.3, 0.4) is 0 Å². The normalized spacial score (nSPS) is 12.8. The highest BCUT2D eigenvalue weighted by Gasteiger charge is 2.27. The van der Waals surface area contributed by atoms with E-state index >= 15 is 0 Å². The summed E-state index contributed by atoms with van der Waals surface area (Å²) in [6.07, 6.45) is 0.985. The van der Waals surface area contributed by atoms with Crippen molar-refractivity contribution >= 4 is 11.8 Å². The van der Waals surface area contributed by atoms with Crippen molar-refractivity contribution in [1.82, 2.24) is 9.80 Å². The smallest absolute Gasteiger partial charge is 0.125 e. The van der Waals surface area contributed by atoms with Gasteiger partial charge in [0.05, 0.1) is 19.3 Å². The highest BCUT2D eigenvalue weighted by molar-refractivity contribution is 8.00. The molecule has 0 amide bonds. The molecule has 0 aliphatic rings. The monoisotopic (exact) mass is 307 g/mol. The van der Waals surface area contributed by atoms with Crippen molar-refractivity contribution in [1.29, 1.82) is 5.26 Å². The van der Waals surface area contributed by atoms with Gasteiger partial charge in [-0.15, -0.1) is 11.8 Å². The number of methoxy groups -OCH3 is 1. The van der Waals surface area contributed by atoms with E-state index in [1.54, 1.807) is 18.9 Å². The minimum atomic E-state index is -0.159. The lowest BCUT2D eigenvalue weighted by atomic mass is 10.1. The van der Waals surface area contributed by atoms with Crippen molar-refractivity contribution in [3.05, 3.63) is 23.8 Å². The SMILES string of the molecule is CCc1cc(OC)ccc1SC(C#N)C(N(C)C)N(C)C. The summed E-state index contributed by atoms with van der Waals surface area (Å²) in [5.74, 6) is 0.862. The molecule has 0 saturated heterocycles. The van der Waals surface area contributed by atoms with E-state index in [1.165, 1.54) is 5.56 Å². The van der Waals surface area contributed by atoms with E-state index in [0.29, 0.717) is 0 Å². The Morgan fingerprint density at radius 1 is 1.24 bits per heavy atom. The fraction of sp³-hybridized carbons (Fsp3) is 0.562. The van der Waals surface area contributed by atoms with E-state index in [1.807, 2.05) is 34.3 Å². The zero-order valence-electron chi connectivity index (χ0n) is 13.8. The van der Waals surface area contributed by atoms with E-state index in [4.69, 9.17) is 4.74 Å². The Labute approximate surface area is 132 Å². The largest absolute Gasteiger partial charge is 0.497 e. The topological polar surface area (TPSA) is 39.5 Å². The number of nitriles is 1. The van der Waals surface area contributed by atoms with Crippen LogP contribution in [0, 0.1) is 11.3 Å². The summed E-state index contributed by atoms with van der Waals surface area (Å²) in [7, 11) is 9.69. The van der Waals surface area contributed by atoms with Gasteiger partial charge in [-0.1, -0.05) is 6.92 Å². The molecular weight excluding hydrogens is 282 g/mol. The van der Waals surface area contributed by atoms with Crippen LogP contribution in [0.5, 0.6) is 5.75 Å². The maximum atomic E-state index is 9.57. The van der Waals surface area contributed by atoms with Gasteiger partial charge in [0.15, 0.2) is 0 Å². The number of ether oxygens (including phenoxy) is 1. The Hall–Kier alpha value is -1.22. The first-order valence-corrected chi connectivity index (χ1v) is 7.88. The molecule has 1 aromatic rings. The lowest BCUT2D eigenvalue weighted by Gasteiger charge is -2.33. The Bertz CT molecular complexity index is 489. The van der Waals surface area contributed by atoms with Crippen LogP contribution >= 0.6 is 11.8 Å². The molecular formula is C16H25N3OS. The molecule has 1 rings (SSSR count). The molecule has 0 aliphatic heterocycles. The van der Waals surface area contributed by atoms with Gasteiger partial charge in [-0.25, -0.2) is 0 Å². The second-order valence-corrected chi connectivity index (χ2v) is 6.52. The first-order valence-electron chi connectivity index (χ1n) is 7.00. The molecule has 0 fully saturated rings. The predicted octanol–water partition coefficient (Wildman–Crippen LogP) is 2.69. The van der Waals surface area contributed by atoms with Gasteiger partial charge in [-0.2, -0.15) is 5.26 Å². The molecule has 1 atom stereocenters.